The number of hydrogen-bond acceptors (Lipinski definition) is 4. The fraction of sp³-hybridized carbons (Fsp3) is 0.333. The Morgan fingerprint density at radius 2 is 1.82 bits per heavy atom. The Balaban J connectivity index is 5.25. The zero-order chi connectivity index (χ0) is 13.4. The molecule has 0 aliphatic rings. The number of aliphatic hydroxyl groups excluding tert-OH is 2. The predicted molar refractivity (Wildman–Crippen MR) is 64.2 cm³/mol. The van der Waals surface area contributed by atoms with E-state index in [-0.39, 0.29) is 24.4 Å². The van der Waals surface area contributed by atoms with Crippen LogP contribution in [-0.2, 0) is 9.59 Å². The van der Waals surface area contributed by atoms with Gasteiger partial charge in [-0.15, -0.1) is 0 Å². The molecule has 0 aromatic heterocycles. The first-order valence-corrected chi connectivity index (χ1v) is 5.00. The summed E-state index contributed by atoms with van der Waals surface area (Å²) in [6.45, 7) is 6.14. The second kappa shape index (κ2) is 7.54. The number of likely N-dealkylation sites (N-methyl/N-ethyl adjacent to an activating group) is 1. The average molecular weight is 239 g/mol. The number of rotatable bonds is 7. The van der Waals surface area contributed by atoms with Crippen molar-refractivity contribution in [3.8, 4) is 0 Å². The number of allylic oxidation sites excluding steroid dienone is 2. The maximum atomic E-state index is 12.0. The van der Waals surface area contributed by atoms with Gasteiger partial charge >= 0.3 is 0 Å². The van der Waals surface area contributed by atoms with Crippen LogP contribution in [0.3, 0.4) is 0 Å². The fourth-order valence-electron chi connectivity index (χ4n) is 1.21. The van der Waals surface area contributed by atoms with Crippen molar-refractivity contribution in [3.05, 3.63) is 36.5 Å². The molecule has 0 aliphatic heterocycles. The molecule has 2 N–H and O–H groups in total. The van der Waals surface area contributed by atoms with Gasteiger partial charge in [0.25, 0.3) is 5.91 Å². The number of aldehydes is 1. The Morgan fingerprint density at radius 3 is 2.12 bits per heavy atom. The van der Waals surface area contributed by atoms with Crippen LogP contribution in [0.1, 0.15) is 0 Å². The summed E-state index contributed by atoms with van der Waals surface area (Å²) in [7, 11) is 1.43. The Hall–Kier alpha value is -1.72. The van der Waals surface area contributed by atoms with E-state index >= 15 is 0 Å². The lowest BCUT2D eigenvalue weighted by molar-refractivity contribution is -0.129. The Morgan fingerprint density at radius 1 is 1.29 bits per heavy atom. The average Bonchev–Trinajstić information content (AvgIpc) is 2.36. The fourth-order valence-corrected chi connectivity index (χ4v) is 1.21. The van der Waals surface area contributed by atoms with Gasteiger partial charge < -0.3 is 15.1 Å². The minimum atomic E-state index is -0.713. The molecule has 0 radical (unpaired) electrons. The third-order valence-corrected chi connectivity index (χ3v) is 2.38. The molecule has 94 valence electrons. The molecule has 0 rings (SSSR count). The highest BCUT2D eigenvalue weighted by Crippen LogP contribution is 2.10. The van der Waals surface area contributed by atoms with Crippen molar-refractivity contribution in [2.45, 2.75) is 6.04 Å². The van der Waals surface area contributed by atoms with Gasteiger partial charge in [-0.2, -0.15) is 0 Å². The van der Waals surface area contributed by atoms with Crippen LogP contribution < -0.4 is 0 Å². The monoisotopic (exact) mass is 239 g/mol. The predicted octanol–water partition coefficient (Wildman–Crippen LogP) is -0.334. The normalized spacial score (nSPS) is 11.8. The Kier molecular flexibility index (Phi) is 6.77. The largest absolute Gasteiger partial charge is 0.394 e. The molecule has 0 bridgehead atoms. The zero-order valence-electron chi connectivity index (χ0n) is 9.80. The molecule has 17 heavy (non-hydrogen) atoms. The number of hydrogen-bond donors (Lipinski definition) is 2. The van der Waals surface area contributed by atoms with E-state index in [4.69, 9.17) is 10.2 Å². The molecule has 0 fully saturated rings. The van der Waals surface area contributed by atoms with Crippen LogP contribution in [0.2, 0.25) is 0 Å². The van der Waals surface area contributed by atoms with Gasteiger partial charge in [-0.25, -0.2) is 0 Å². The lowest BCUT2D eigenvalue weighted by Gasteiger charge is -2.25. The first-order valence-electron chi connectivity index (χ1n) is 5.00. The van der Waals surface area contributed by atoms with Gasteiger partial charge in [-0.1, -0.05) is 25.3 Å². The first kappa shape index (κ1) is 15.3. The van der Waals surface area contributed by atoms with Crippen molar-refractivity contribution in [2.75, 3.05) is 20.3 Å². The molecule has 0 aliphatic carbocycles. The summed E-state index contributed by atoms with van der Waals surface area (Å²) in [6.07, 6.45) is 3.00. The maximum Gasteiger partial charge on any atom is 0.254 e. The standard InChI is InChI=1S/C12H17NO4/c1-4-9(6-14)11(5-2)12(17)13(3)10(7-15)8-16/h4-6,10,15-16H,1-2,7-8H2,3H3/b11-9-. The summed E-state index contributed by atoms with van der Waals surface area (Å²) >= 11 is 0. The molecule has 0 saturated heterocycles. The highest BCUT2D eigenvalue weighted by Gasteiger charge is 2.21. The van der Waals surface area contributed by atoms with E-state index in [1.54, 1.807) is 0 Å². The Labute approximate surface area is 100 Å². The quantitative estimate of drug-likeness (QED) is 0.362. The molecule has 5 heteroatoms. The summed E-state index contributed by atoms with van der Waals surface area (Å²) in [5.74, 6) is -0.505. The topological polar surface area (TPSA) is 77.8 Å². The second-order valence-electron chi connectivity index (χ2n) is 3.33. The smallest absolute Gasteiger partial charge is 0.254 e. The van der Waals surface area contributed by atoms with Crippen molar-refractivity contribution in [2.24, 2.45) is 0 Å². The van der Waals surface area contributed by atoms with Crippen LogP contribution >= 0.6 is 0 Å². The van der Waals surface area contributed by atoms with Gasteiger partial charge in [0, 0.05) is 18.2 Å². The summed E-state index contributed by atoms with van der Waals surface area (Å²) in [4.78, 5) is 23.8. The van der Waals surface area contributed by atoms with Gasteiger partial charge in [0.2, 0.25) is 0 Å². The van der Waals surface area contributed by atoms with Crippen molar-refractivity contribution >= 4 is 12.2 Å². The van der Waals surface area contributed by atoms with E-state index in [1.807, 2.05) is 0 Å². The molecular formula is C12H17NO4. The number of aliphatic hydroxyl groups is 2. The lowest BCUT2D eigenvalue weighted by Crippen LogP contribution is -2.42. The summed E-state index contributed by atoms with van der Waals surface area (Å²) in [5, 5.41) is 17.9. The molecule has 0 unspecified atom stereocenters. The van der Waals surface area contributed by atoms with Gasteiger partial charge in [-0.05, 0) is 0 Å². The lowest BCUT2D eigenvalue weighted by atomic mass is 10.1. The number of amides is 1. The van der Waals surface area contributed by atoms with Crippen molar-refractivity contribution in [1.82, 2.24) is 4.90 Å². The van der Waals surface area contributed by atoms with E-state index in [9.17, 15) is 9.59 Å². The molecule has 0 aromatic carbocycles. The number of nitrogens with zero attached hydrogens (tertiary/aromatic N) is 1. The zero-order valence-corrected chi connectivity index (χ0v) is 9.80. The van der Waals surface area contributed by atoms with Crippen molar-refractivity contribution in [3.63, 3.8) is 0 Å². The van der Waals surface area contributed by atoms with Crippen molar-refractivity contribution < 1.29 is 19.8 Å². The summed E-state index contributed by atoms with van der Waals surface area (Å²) < 4.78 is 0. The van der Waals surface area contributed by atoms with Crippen LogP contribution in [-0.4, -0.2) is 53.6 Å². The molecule has 1 amide bonds. The van der Waals surface area contributed by atoms with Crippen LogP contribution in [0.15, 0.2) is 36.5 Å². The summed E-state index contributed by atoms with van der Waals surface area (Å²) in [5.41, 5.74) is 0.205. The van der Waals surface area contributed by atoms with Crippen LogP contribution in [0, 0.1) is 0 Å². The maximum absolute atomic E-state index is 12.0. The molecule has 0 atom stereocenters. The Bertz CT molecular complexity index is 332. The van der Waals surface area contributed by atoms with E-state index < -0.39 is 11.9 Å². The number of carbonyl (C=O) groups excluding carboxylic acids is 2. The SMILES string of the molecule is C=C/C(C=O)=C(\C=C)C(=O)N(C)C(CO)CO. The molecule has 0 aromatic rings. The number of carbonyl (C=O) groups is 2. The van der Waals surface area contributed by atoms with Gasteiger partial charge in [0.05, 0.1) is 19.3 Å². The molecular weight excluding hydrogens is 222 g/mol. The molecule has 0 saturated carbocycles. The molecule has 5 nitrogen and oxygen atoms in total. The van der Waals surface area contributed by atoms with Crippen LogP contribution in [0.4, 0.5) is 0 Å². The third-order valence-electron chi connectivity index (χ3n) is 2.38. The van der Waals surface area contributed by atoms with Crippen molar-refractivity contribution in [1.29, 1.82) is 0 Å². The second-order valence-corrected chi connectivity index (χ2v) is 3.33. The first-order chi connectivity index (χ1) is 8.06. The minimum absolute atomic E-state index is 0.0874. The highest BCUT2D eigenvalue weighted by molar-refractivity contribution is 6.02. The van der Waals surface area contributed by atoms with E-state index in [1.165, 1.54) is 19.2 Å². The van der Waals surface area contributed by atoms with Gasteiger partial charge in [0.1, 0.15) is 0 Å². The minimum Gasteiger partial charge on any atom is -0.394 e. The summed E-state index contributed by atoms with van der Waals surface area (Å²) in [6, 6.07) is -0.713. The van der Waals surface area contributed by atoms with Gasteiger partial charge in [0.15, 0.2) is 6.29 Å². The van der Waals surface area contributed by atoms with E-state index in [2.05, 4.69) is 13.2 Å². The molecule has 0 spiro atoms. The van der Waals surface area contributed by atoms with Crippen LogP contribution in [0.25, 0.3) is 0 Å². The third kappa shape index (κ3) is 3.65. The van der Waals surface area contributed by atoms with Crippen LogP contribution in [0.5, 0.6) is 0 Å². The van der Waals surface area contributed by atoms with E-state index in [0.29, 0.717) is 6.29 Å². The highest BCUT2D eigenvalue weighted by atomic mass is 16.3. The van der Waals surface area contributed by atoms with E-state index in [0.717, 1.165) is 4.90 Å². The van der Waals surface area contributed by atoms with Gasteiger partial charge in [-0.3, -0.25) is 9.59 Å². The molecule has 0 heterocycles.